The Labute approximate surface area is 108 Å². The molecule has 0 heterocycles. The van der Waals surface area contributed by atoms with Crippen molar-refractivity contribution in [2.45, 2.75) is 70.2 Å². The highest BCUT2D eigenvalue weighted by atomic mass is 16.5. The summed E-state index contributed by atoms with van der Waals surface area (Å²) in [6, 6.07) is 0. The maximum absolute atomic E-state index is 9.19. The van der Waals surface area contributed by atoms with Gasteiger partial charge in [0.15, 0.2) is 18.9 Å². The normalized spacial score (nSPS) is 12.3. The van der Waals surface area contributed by atoms with Crippen molar-refractivity contribution < 1.29 is 30.6 Å². The number of hydrogen-bond donors (Lipinski definition) is 6. The molecule has 110 valence electrons. The van der Waals surface area contributed by atoms with Gasteiger partial charge < -0.3 is 30.6 Å². The maximum Gasteiger partial charge on any atom is 0.154 e. The van der Waals surface area contributed by atoms with Gasteiger partial charge in [-0.1, -0.05) is 12.8 Å². The van der Waals surface area contributed by atoms with Crippen molar-refractivity contribution in [3.8, 4) is 0 Å². The van der Waals surface area contributed by atoms with Gasteiger partial charge in [0.05, 0.1) is 0 Å². The second-order valence-corrected chi connectivity index (χ2v) is 4.70. The summed E-state index contributed by atoms with van der Waals surface area (Å²) in [5, 5.41) is 53.0. The highest BCUT2D eigenvalue weighted by molar-refractivity contribution is 4.62. The first-order valence-electron chi connectivity index (χ1n) is 6.52. The third kappa shape index (κ3) is 10.9. The van der Waals surface area contributed by atoms with Crippen molar-refractivity contribution in [1.29, 1.82) is 0 Å². The van der Waals surface area contributed by atoms with Gasteiger partial charge in [0.1, 0.15) is 0 Å². The summed E-state index contributed by atoms with van der Waals surface area (Å²) in [4.78, 5) is 0. The molecule has 0 aliphatic heterocycles. The smallest absolute Gasteiger partial charge is 0.154 e. The highest BCUT2D eigenvalue weighted by Crippen LogP contribution is 2.20. The van der Waals surface area contributed by atoms with Crippen LogP contribution in [0.3, 0.4) is 0 Å². The molecule has 0 atom stereocenters. The Morgan fingerprint density at radius 2 is 0.833 bits per heavy atom. The zero-order valence-corrected chi connectivity index (χ0v) is 10.6. The summed E-state index contributed by atoms with van der Waals surface area (Å²) in [5.74, 6) is -0.239. The second kappa shape index (κ2) is 10.7. The molecule has 0 fully saturated rings. The first-order chi connectivity index (χ1) is 8.43. The number of rotatable bonds is 11. The van der Waals surface area contributed by atoms with E-state index >= 15 is 0 Å². The van der Waals surface area contributed by atoms with E-state index in [0.29, 0.717) is 51.4 Å². The van der Waals surface area contributed by atoms with Gasteiger partial charge in [-0.25, -0.2) is 0 Å². The van der Waals surface area contributed by atoms with Gasteiger partial charge in [-0.3, -0.25) is 0 Å². The zero-order chi connectivity index (χ0) is 14.0. The molecule has 0 aliphatic carbocycles. The first kappa shape index (κ1) is 17.8. The Balaban J connectivity index is 3.65. The lowest BCUT2D eigenvalue weighted by Gasteiger charge is -2.19. The lowest BCUT2D eigenvalue weighted by atomic mass is 9.94. The molecule has 0 spiro atoms. The molecule has 0 radical (unpaired) electrons. The van der Waals surface area contributed by atoms with Crippen LogP contribution < -0.4 is 0 Å². The van der Waals surface area contributed by atoms with E-state index in [9.17, 15) is 10.2 Å². The largest absolute Gasteiger partial charge is 0.368 e. The van der Waals surface area contributed by atoms with Gasteiger partial charge in [-0.15, -0.1) is 0 Å². The van der Waals surface area contributed by atoms with Crippen LogP contribution in [0, 0.1) is 5.92 Å². The van der Waals surface area contributed by atoms with Crippen molar-refractivity contribution >= 4 is 0 Å². The van der Waals surface area contributed by atoms with Gasteiger partial charge in [-0.2, -0.15) is 0 Å². The molecule has 6 N–H and O–H groups in total. The molecule has 6 heteroatoms. The summed E-state index contributed by atoms with van der Waals surface area (Å²) in [5.41, 5.74) is 0. The van der Waals surface area contributed by atoms with Crippen LogP contribution in [0.1, 0.15) is 51.4 Å². The summed E-state index contributed by atoms with van der Waals surface area (Å²) in [6.45, 7) is 0. The third-order valence-corrected chi connectivity index (χ3v) is 3.00. The summed E-state index contributed by atoms with van der Waals surface area (Å²) in [6.07, 6.45) is 0.552. The molecule has 0 amide bonds. The summed E-state index contributed by atoms with van der Waals surface area (Å²) < 4.78 is 0. The highest BCUT2D eigenvalue weighted by Gasteiger charge is 2.16. The molecule has 0 rings (SSSR count). The predicted octanol–water partition coefficient (Wildman–Crippen LogP) is -0.345. The van der Waals surface area contributed by atoms with Crippen LogP contribution in [0.25, 0.3) is 0 Å². The van der Waals surface area contributed by atoms with E-state index in [4.69, 9.17) is 20.4 Å². The Morgan fingerprint density at radius 3 is 1.11 bits per heavy atom. The van der Waals surface area contributed by atoms with Crippen LogP contribution >= 0.6 is 0 Å². The van der Waals surface area contributed by atoms with E-state index in [-0.39, 0.29) is 5.92 Å². The van der Waals surface area contributed by atoms with E-state index in [1.807, 2.05) is 0 Å². The molecule has 0 aromatic heterocycles. The lowest BCUT2D eigenvalue weighted by molar-refractivity contribution is -0.0902. The van der Waals surface area contributed by atoms with Crippen LogP contribution in [0.2, 0.25) is 0 Å². The molecule has 0 unspecified atom stereocenters. The van der Waals surface area contributed by atoms with Gasteiger partial charge >= 0.3 is 0 Å². The molecular formula is C12H26O6. The number of aliphatic hydroxyl groups excluding tert-OH is 3. The van der Waals surface area contributed by atoms with Crippen molar-refractivity contribution in [2.75, 3.05) is 0 Å². The van der Waals surface area contributed by atoms with E-state index < -0.39 is 18.9 Å². The van der Waals surface area contributed by atoms with Gasteiger partial charge in [0.2, 0.25) is 0 Å². The third-order valence-electron chi connectivity index (χ3n) is 3.00. The predicted molar refractivity (Wildman–Crippen MR) is 65.1 cm³/mol. The number of hydrogen-bond acceptors (Lipinski definition) is 6. The fourth-order valence-corrected chi connectivity index (χ4v) is 1.91. The lowest BCUT2D eigenvalue weighted by Crippen LogP contribution is -2.20. The summed E-state index contributed by atoms with van der Waals surface area (Å²) >= 11 is 0. The van der Waals surface area contributed by atoms with Crippen LogP contribution in [0.15, 0.2) is 0 Å². The van der Waals surface area contributed by atoms with E-state index in [1.165, 1.54) is 0 Å². The van der Waals surface area contributed by atoms with Crippen molar-refractivity contribution in [2.24, 2.45) is 5.92 Å². The average Bonchev–Trinajstić information content (AvgIpc) is 2.25. The Bertz CT molecular complexity index is 167. The minimum atomic E-state index is -1.37. The molecule has 0 aromatic rings. The van der Waals surface area contributed by atoms with Gasteiger partial charge in [0, 0.05) is 5.92 Å². The molecule has 0 aromatic carbocycles. The van der Waals surface area contributed by atoms with E-state index in [2.05, 4.69) is 0 Å². The van der Waals surface area contributed by atoms with Crippen LogP contribution in [0.5, 0.6) is 0 Å². The maximum atomic E-state index is 9.19. The van der Waals surface area contributed by atoms with Crippen molar-refractivity contribution in [3.63, 3.8) is 0 Å². The Morgan fingerprint density at radius 1 is 0.500 bits per heavy atom. The fraction of sp³-hybridized carbons (Fsp3) is 1.00. The van der Waals surface area contributed by atoms with Crippen molar-refractivity contribution in [1.82, 2.24) is 0 Å². The molecule has 18 heavy (non-hydrogen) atoms. The second-order valence-electron chi connectivity index (χ2n) is 4.70. The minimum Gasteiger partial charge on any atom is -0.368 e. The quantitative estimate of drug-likeness (QED) is 0.225. The molecule has 0 bridgehead atoms. The molecular weight excluding hydrogens is 240 g/mol. The van der Waals surface area contributed by atoms with Crippen molar-refractivity contribution in [3.05, 3.63) is 0 Å². The average molecular weight is 266 g/mol. The monoisotopic (exact) mass is 266 g/mol. The molecule has 0 aliphatic rings. The standard InChI is InChI=1S/C12H26O6/c13-10(14)7-3-1-5-9(12(17)18)6-2-4-8-11(15)16/h9-18H,1-8H2. The molecule has 6 nitrogen and oxygen atoms in total. The fourth-order valence-electron chi connectivity index (χ4n) is 1.91. The molecule has 0 saturated heterocycles. The van der Waals surface area contributed by atoms with Crippen LogP contribution in [0.4, 0.5) is 0 Å². The SMILES string of the molecule is OC(O)CCCCC(CCCCC(O)O)C(O)O. The Kier molecular flexibility index (Phi) is 10.5. The van der Waals surface area contributed by atoms with Gasteiger partial charge in [-0.05, 0) is 38.5 Å². The van der Waals surface area contributed by atoms with Gasteiger partial charge in [0.25, 0.3) is 0 Å². The summed E-state index contributed by atoms with van der Waals surface area (Å²) in [7, 11) is 0. The topological polar surface area (TPSA) is 121 Å². The number of unbranched alkanes of at least 4 members (excludes halogenated alkanes) is 2. The van der Waals surface area contributed by atoms with Crippen LogP contribution in [-0.4, -0.2) is 49.5 Å². The minimum absolute atomic E-state index is 0.239. The zero-order valence-electron chi connectivity index (χ0n) is 10.6. The van der Waals surface area contributed by atoms with Crippen LogP contribution in [-0.2, 0) is 0 Å². The molecule has 0 saturated carbocycles. The Hall–Kier alpha value is -0.240. The van der Waals surface area contributed by atoms with E-state index in [0.717, 1.165) is 0 Å². The van der Waals surface area contributed by atoms with E-state index in [1.54, 1.807) is 0 Å². The first-order valence-corrected chi connectivity index (χ1v) is 6.52. The number of aliphatic hydroxyl groups is 6.